The summed E-state index contributed by atoms with van der Waals surface area (Å²) in [6, 6.07) is 17.2. The van der Waals surface area contributed by atoms with Gasteiger partial charge in [-0.3, -0.25) is 9.69 Å². The number of morpholine rings is 1. The summed E-state index contributed by atoms with van der Waals surface area (Å²) in [5.41, 5.74) is 2.16. The molecule has 1 amide bonds. The molecule has 0 radical (unpaired) electrons. The molecule has 2 aromatic carbocycles. The summed E-state index contributed by atoms with van der Waals surface area (Å²) in [6.45, 7) is 5.89. The fourth-order valence-electron chi connectivity index (χ4n) is 4.00. The van der Waals surface area contributed by atoms with E-state index in [-0.39, 0.29) is 17.7 Å². The second-order valence-electron chi connectivity index (χ2n) is 7.29. The lowest BCUT2D eigenvalue weighted by Gasteiger charge is -2.41. The molecule has 4 rings (SSSR count). The van der Waals surface area contributed by atoms with Gasteiger partial charge in [-0.1, -0.05) is 30.3 Å². The van der Waals surface area contributed by atoms with Gasteiger partial charge in [0.05, 0.1) is 13.2 Å². The third-order valence-corrected chi connectivity index (χ3v) is 5.57. The molecule has 1 atom stereocenters. The molecular formula is C22H27N3O3. The van der Waals surface area contributed by atoms with Crippen LogP contribution in [0.25, 0.3) is 0 Å². The van der Waals surface area contributed by atoms with Gasteiger partial charge in [-0.15, -0.1) is 0 Å². The Morgan fingerprint density at radius 1 is 0.857 bits per heavy atom. The number of aromatic hydroxyl groups is 1. The van der Waals surface area contributed by atoms with Crippen LogP contribution in [0.3, 0.4) is 0 Å². The predicted molar refractivity (Wildman–Crippen MR) is 108 cm³/mol. The summed E-state index contributed by atoms with van der Waals surface area (Å²) in [4.78, 5) is 19.9. The number of nitrogens with zero attached hydrogens (tertiary/aromatic N) is 3. The fraction of sp³-hybridized carbons (Fsp3) is 0.409. The van der Waals surface area contributed by atoms with Crippen LogP contribution in [0.2, 0.25) is 0 Å². The van der Waals surface area contributed by atoms with E-state index in [0.717, 1.165) is 37.4 Å². The summed E-state index contributed by atoms with van der Waals surface area (Å²) >= 11 is 0. The monoisotopic (exact) mass is 381 g/mol. The van der Waals surface area contributed by atoms with Crippen LogP contribution in [0.5, 0.6) is 5.75 Å². The van der Waals surface area contributed by atoms with E-state index < -0.39 is 0 Å². The Balaban J connectivity index is 1.49. The molecule has 6 heteroatoms. The number of benzene rings is 2. The van der Waals surface area contributed by atoms with Crippen molar-refractivity contribution in [1.29, 1.82) is 0 Å². The van der Waals surface area contributed by atoms with Crippen molar-refractivity contribution in [3.8, 4) is 5.75 Å². The van der Waals surface area contributed by atoms with Crippen LogP contribution in [-0.2, 0) is 9.53 Å². The summed E-state index contributed by atoms with van der Waals surface area (Å²) in [6.07, 6.45) is 0. The van der Waals surface area contributed by atoms with Gasteiger partial charge in [-0.05, 0) is 29.8 Å². The van der Waals surface area contributed by atoms with E-state index in [4.69, 9.17) is 4.74 Å². The molecule has 0 bridgehead atoms. The Labute approximate surface area is 165 Å². The minimum absolute atomic E-state index is 0.174. The van der Waals surface area contributed by atoms with Gasteiger partial charge in [0.15, 0.2) is 0 Å². The first kappa shape index (κ1) is 18.8. The number of carbonyl (C=O) groups is 1. The molecule has 1 N–H and O–H groups in total. The lowest BCUT2D eigenvalue weighted by Crippen LogP contribution is -2.53. The van der Waals surface area contributed by atoms with Crippen molar-refractivity contribution in [2.45, 2.75) is 6.04 Å². The number of piperazine rings is 1. The molecule has 0 aliphatic carbocycles. The maximum absolute atomic E-state index is 13.4. The molecule has 148 valence electrons. The molecular weight excluding hydrogens is 354 g/mol. The SMILES string of the molecule is O=C([C@@H](c1ccccc1)N1CCN(c2ccc(O)cc2)CC1)N1CCOCC1. The Morgan fingerprint density at radius 2 is 1.50 bits per heavy atom. The number of ether oxygens (including phenoxy) is 1. The van der Waals surface area contributed by atoms with E-state index >= 15 is 0 Å². The van der Waals surface area contributed by atoms with Crippen molar-refractivity contribution < 1.29 is 14.6 Å². The highest BCUT2D eigenvalue weighted by Gasteiger charge is 2.33. The van der Waals surface area contributed by atoms with Crippen molar-refractivity contribution in [3.05, 3.63) is 60.2 Å². The standard InChI is InChI=1S/C22H27N3O3/c26-20-8-6-19(7-9-20)23-10-12-24(13-11-23)21(18-4-2-1-3-5-18)22(27)25-14-16-28-17-15-25/h1-9,21,26H,10-17H2/t21-/m1/s1. The van der Waals surface area contributed by atoms with Crippen molar-refractivity contribution in [3.63, 3.8) is 0 Å². The highest BCUT2D eigenvalue weighted by molar-refractivity contribution is 5.83. The second-order valence-corrected chi connectivity index (χ2v) is 7.29. The maximum Gasteiger partial charge on any atom is 0.244 e. The van der Waals surface area contributed by atoms with Crippen molar-refractivity contribution >= 4 is 11.6 Å². The molecule has 2 heterocycles. The number of rotatable bonds is 4. The first-order valence-electron chi connectivity index (χ1n) is 9.92. The summed E-state index contributed by atoms with van der Waals surface area (Å²) in [5, 5.41) is 9.50. The zero-order valence-electron chi connectivity index (χ0n) is 16.0. The predicted octanol–water partition coefficient (Wildman–Crippen LogP) is 2.11. The molecule has 0 unspecified atom stereocenters. The zero-order chi connectivity index (χ0) is 19.3. The Bertz CT molecular complexity index is 767. The first-order valence-corrected chi connectivity index (χ1v) is 9.92. The highest BCUT2D eigenvalue weighted by atomic mass is 16.5. The molecule has 0 spiro atoms. The lowest BCUT2D eigenvalue weighted by atomic mass is 10.0. The van der Waals surface area contributed by atoms with Crippen LogP contribution >= 0.6 is 0 Å². The molecule has 6 nitrogen and oxygen atoms in total. The second kappa shape index (κ2) is 8.63. The number of phenols is 1. The summed E-state index contributed by atoms with van der Waals surface area (Å²) in [5.74, 6) is 0.454. The van der Waals surface area contributed by atoms with E-state index in [1.54, 1.807) is 12.1 Å². The van der Waals surface area contributed by atoms with Crippen LogP contribution in [0, 0.1) is 0 Å². The van der Waals surface area contributed by atoms with E-state index in [9.17, 15) is 9.90 Å². The summed E-state index contributed by atoms with van der Waals surface area (Å²) < 4.78 is 5.42. The van der Waals surface area contributed by atoms with E-state index in [0.29, 0.717) is 26.3 Å². The zero-order valence-corrected chi connectivity index (χ0v) is 16.0. The van der Waals surface area contributed by atoms with Gasteiger partial charge in [0.1, 0.15) is 11.8 Å². The van der Waals surface area contributed by atoms with Gasteiger partial charge in [-0.25, -0.2) is 0 Å². The smallest absolute Gasteiger partial charge is 0.244 e. The number of phenolic OH excluding ortho intramolecular Hbond substituents is 1. The number of hydrogen-bond acceptors (Lipinski definition) is 5. The number of hydrogen-bond donors (Lipinski definition) is 1. The van der Waals surface area contributed by atoms with E-state index in [2.05, 4.69) is 21.9 Å². The fourth-order valence-corrected chi connectivity index (χ4v) is 4.00. The van der Waals surface area contributed by atoms with Crippen LogP contribution in [0.4, 0.5) is 5.69 Å². The number of amides is 1. The third-order valence-electron chi connectivity index (χ3n) is 5.57. The number of carbonyl (C=O) groups excluding carboxylic acids is 1. The molecule has 2 aliphatic rings. The average Bonchev–Trinajstić information content (AvgIpc) is 2.76. The topological polar surface area (TPSA) is 56.2 Å². The van der Waals surface area contributed by atoms with Crippen LogP contribution in [-0.4, -0.2) is 73.3 Å². The van der Waals surface area contributed by atoms with Gasteiger partial charge in [0.25, 0.3) is 0 Å². The van der Waals surface area contributed by atoms with Gasteiger partial charge in [0.2, 0.25) is 5.91 Å². The number of anilines is 1. The highest BCUT2D eigenvalue weighted by Crippen LogP contribution is 2.27. The molecule has 2 aliphatic heterocycles. The van der Waals surface area contributed by atoms with Crippen molar-refractivity contribution in [2.24, 2.45) is 0 Å². The average molecular weight is 381 g/mol. The third kappa shape index (κ3) is 4.13. The first-order chi connectivity index (χ1) is 13.7. The molecule has 0 aromatic heterocycles. The quantitative estimate of drug-likeness (QED) is 0.879. The largest absolute Gasteiger partial charge is 0.508 e. The Hall–Kier alpha value is -2.57. The van der Waals surface area contributed by atoms with Crippen molar-refractivity contribution in [2.75, 3.05) is 57.4 Å². The normalized spacial score (nSPS) is 19.4. The minimum Gasteiger partial charge on any atom is -0.508 e. The van der Waals surface area contributed by atoms with Crippen LogP contribution in [0.15, 0.2) is 54.6 Å². The van der Waals surface area contributed by atoms with Gasteiger partial charge in [-0.2, -0.15) is 0 Å². The summed E-state index contributed by atoms with van der Waals surface area (Å²) in [7, 11) is 0. The maximum atomic E-state index is 13.4. The lowest BCUT2D eigenvalue weighted by molar-refractivity contribution is -0.141. The molecule has 0 saturated carbocycles. The van der Waals surface area contributed by atoms with Crippen LogP contribution in [0.1, 0.15) is 11.6 Å². The van der Waals surface area contributed by atoms with Crippen molar-refractivity contribution in [1.82, 2.24) is 9.80 Å². The Morgan fingerprint density at radius 3 is 2.14 bits per heavy atom. The van der Waals surface area contributed by atoms with Crippen LogP contribution < -0.4 is 4.90 Å². The molecule has 2 fully saturated rings. The molecule has 2 aromatic rings. The van der Waals surface area contributed by atoms with Gasteiger partial charge < -0.3 is 19.6 Å². The Kier molecular flexibility index (Phi) is 5.78. The molecule has 2 saturated heterocycles. The minimum atomic E-state index is -0.249. The van der Waals surface area contributed by atoms with Gasteiger partial charge in [0, 0.05) is 45.0 Å². The van der Waals surface area contributed by atoms with Gasteiger partial charge >= 0.3 is 0 Å². The van der Waals surface area contributed by atoms with E-state index in [1.807, 2.05) is 35.2 Å². The molecule has 28 heavy (non-hydrogen) atoms. The van der Waals surface area contributed by atoms with E-state index in [1.165, 1.54) is 0 Å².